The van der Waals surface area contributed by atoms with Gasteiger partial charge in [-0.25, -0.2) is 4.79 Å². The molecule has 20 heavy (non-hydrogen) atoms. The SMILES string of the molecule is N#Cc1cccc(-c2cc(C(N)=O)c(NC(N)=O)[nH]2)c1. The molecule has 100 valence electrons. The number of amides is 3. The molecule has 1 aromatic heterocycles. The molecule has 0 unspecified atom stereocenters. The molecule has 0 bridgehead atoms. The molecule has 0 saturated carbocycles. The van der Waals surface area contributed by atoms with Crippen LogP contribution in [-0.2, 0) is 0 Å². The van der Waals surface area contributed by atoms with Crippen LogP contribution in [0, 0.1) is 11.3 Å². The molecule has 0 fully saturated rings. The molecular formula is C13H11N5O2. The zero-order chi connectivity index (χ0) is 14.7. The number of aromatic nitrogens is 1. The fourth-order valence-corrected chi connectivity index (χ4v) is 1.78. The van der Waals surface area contributed by atoms with Crippen molar-refractivity contribution in [2.45, 2.75) is 0 Å². The summed E-state index contributed by atoms with van der Waals surface area (Å²) in [6.45, 7) is 0. The zero-order valence-corrected chi connectivity index (χ0v) is 10.3. The molecule has 3 amide bonds. The molecule has 2 aromatic rings. The van der Waals surface area contributed by atoms with Gasteiger partial charge < -0.3 is 16.5 Å². The standard InChI is InChI=1S/C13H11N5O2/c14-6-7-2-1-3-8(4-7)10-5-9(11(15)19)12(17-10)18-13(16)20/h1-5,17H,(H2,15,19)(H3,16,18,20). The number of hydrogen-bond acceptors (Lipinski definition) is 3. The third-order valence-electron chi connectivity index (χ3n) is 2.63. The molecule has 0 aliphatic rings. The molecule has 7 nitrogen and oxygen atoms in total. The van der Waals surface area contributed by atoms with Crippen molar-refractivity contribution < 1.29 is 9.59 Å². The third-order valence-corrected chi connectivity index (χ3v) is 2.63. The summed E-state index contributed by atoms with van der Waals surface area (Å²) in [5, 5.41) is 11.2. The summed E-state index contributed by atoms with van der Waals surface area (Å²) in [5.74, 6) is -0.574. The normalized spacial score (nSPS) is 9.75. The number of urea groups is 1. The zero-order valence-electron chi connectivity index (χ0n) is 10.3. The third kappa shape index (κ3) is 2.59. The summed E-state index contributed by atoms with van der Waals surface area (Å²) in [6.07, 6.45) is 0. The average molecular weight is 269 g/mol. The number of nitrogens with zero attached hydrogens (tertiary/aromatic N) is 1. The summed E-state index contributed by atoms with van der Waals surface area (Å²) in [5.41, 5.74) is 12.1. The number of nitrogens with two attached hydrogens (primary N) is 2. The first-order valence-corrected chi connectivity index (χ1v) is 5.61. The lowest BCUT2D eigenvalue weighted by molar-refractivity contribution is 0.100. The molecule has 7 heteroatoms. The number of benzene rings is 1. The van der Waals surface area contributed by atoms with Gasteiger partial charge >= 0.3 is 6.03 Å². The van der Waals surface area contributed by atoms with E-state index >= 15 is 0 Å². The Morgan fingerprint density at radius 2 is 2.00 bits per heavy atom. The van der Waals surface area contributed by atoms with Gasteiger partial charge in [-0.1, -0.05) is 12.1 Å². The van der Waals surface area contributed by atoms with Crippen molar-refractivity contribution in [2.75, 3.05) is 5.32 Å². The molecule has 0 aliphatic carbocycles. The van der Waals surface area contributed by atoms with E-state index in [2.05, 4.69) is 10.3 Å². The maximum Gasteiger partial charge on any atom is 0.317 e. The van der Waals surface area contributed by atoms with Gasteiger partial charge in [0, 0.05) is 5.69 Å². The Labute approximate surface area is 114 Å². The topological polar surface area (TPSA) is 138 Å². The van der Waals surface area contributed by atoms with Crippen LogP contribution in [-0.4, -0.2) is 16.9 Å². The maximum atomic E-state index is 11.3. The summed E-state index contributed by atoms with van der Waals surface area (Å²) < 4.78 is 0. The molecular weight excluding hydrogens is 258 g/mol. The van der Waals surface area contributed by atoms with Gasteiger partial charge in [0.15, 0.2) is 0 Å². The highest BCUT2D eigenvalue weighted by molar-refractivity contribution is 6.03. The first kappa shape index (κ1) is 13.2. The summed E-state index contributed by atoms with van der Waals surface area (Å²) in [4.78, 5) is 25.1. The van der Waals surface area contributed by atoms with Crippen LogP contribution in [0.2, 0.25) is 0 Å². The van der Waals surface area contributed by atoms with E-state index < -0.39 is 11.9 Å². The first-order valence-electron chi connectivity index (χ1n) is 5.61. The van der Waals surface area contributed by atoms with Crippen LogP contribution in [0.5, 0.6) is 0 Å². The van der Waals surface area contributed by atoms with E-state index in [1.165, 1.54) is 6.07 Å². The van der Waals surface area contributed by atoms with Crippen molar-refractivity contribution in [1.82, 2.24) is 4.98 Å². The summed E-state index contributed by atoms with van der Waals surface area (Å²) in [7, 11) is 0. The van der Waals surface area contributed by atoms with Gasteiger partial charge in [0.2, 0.25) is 0 Å². The predicted molar refractivity (Wildman–Crippen MR) is 72.7 cm³/mol. The van der Waals surface area contributed by atoms with Crippen molar-refractivity contribution in [2.24, 2.45) is 11.5 Å². The smallest absolute Gasteiger partial charge is 0.317 e. The largest absolute Gasteiger partial charge is 0.365 e. The number of carbonyl (C=O) groups excluding carboxylic acids is 2. The molecule has 2 rings (SSSR count). The average Bonchev–Trinajstić information content (AvgIpc) is 2.82. The summed E-state index contributed by atoms with van der Waals surface area (Å²) in [6, 6.07) is 9.46. The minimum atomic E-state index is -0.813. The van der Waals surface area contributed by atoms with E-state index in [4.69, 9.17) is 16.7 Å². The van der Waals surface area contributed by atoms with Crippen molar-refractivity contribution >= 4 is 17.8 Å². The van der Waals surface area contributed by atoms with Crippen molar-refractivity contribution in [3.63, 3.8) is 0 Å². The van der Waals surface area contributed by atoms with Gasteiger partial charge in [0.1, 0.15) is 5.82 Å². The highest BCUT2D eigenvalue weighted by Crippen LogP contribution is 2.25. The number of rotatable bonds is 3. The van der Waals surface area contributed by atoms with Crippen LogP contribution in [0.4, 0.5) is 10.6 Å². The van der Waals surface area contributed by atoms with E-state index in [1.807, 2.05) is 6.07 Å². The van der Waals surface area contributed by atoms with Crippen LogP contribution >= 0.6 is 0 Å². The lowest BCUT2D eigenvalue weighted by atomic mass is 10.1. The molecule has 0 saturated heterocycles. The molecule has 0 atom stereocenters. The second-order valence-corrected chi connectivity index (χ2v) is 4.02. The van der Waals surface area contributed by atoms with Gasteiger partial charge in [-0.05, 0) is 23.8 Å². The number of nitriles is 1. The highest BCUT2D eigenvalue weighted by atomic mass is 16.2. The number of hydrogen-bond donors (Lipinski definition) is 4. The van der Waals surface area contributed by atoms with Crippen LogP contribution in [0.3, 0.4) is 0 Å². The van der Waals surface area contributed by atoms with Gasteiger partial charge in [0.05, 0.1) is 17.2 Å². The molecule has 0 spiro atoms. The minimum Gasteiger partial charge on any atom is -0.365 e. The molecule has 1 aromatic carbocycles. The number of anilines is 1. The van der Waals surface area contributed by atoms with Crippen LogP contribution in [0.1, 0.15) is 15.9 Å². The fourth-order valence-electron chi connectivity index (χ4n) is 1.78. The molecule has 1 heterocycles. The Morgan fingerprint density at radius 1 is 1.25 bits per heavy atom. The molecule has 0 radical (unpaired) electrons. The van der Waals surface area contributed by atoms with Gasteiger partial charge in [-0.15, -0.1) is 0 Å². The van der Waals surface area contributed by atoms with Crippen molar-refractivity contribution in [3.05, 3.63) is 41.5 Å². The monoisotopic (exact) mass is 269 g/mol. The maximum absolute atomic E-state index is 11.3. The second-order valence-electron chi connectivity index (χ2n) is 4.02. The van der Waals surface area contributed by atoms with E-state index in [0.29, 0.717) is 16.8 Å². The Balaban J connectivity index is 2.50. The number of nitrogens with one attached hydrogen (secondary N) is 2. The predicted octanol–water partition coefficient (Wildman–Crippen LogP) is 1.14. The highest BCUT2D eigenvalue weighted by Gasteiger charge is 2.15. The van der Waals surface area contributed by atoms with Gasteiger partial charge in [-0.2, -0.15) is 5.26 Å². The Bertz CT molecular complexity index is 727. The number of aromatic amines is 1. The van der Waals surface area contributed by atoms with Crippen LogP contribution in [0.15, 0.2) is 30.3 Å². The van der Waals surface area contributed by atoms with E-state index in [9.17, 15) is 9.59 Å². The number of H-pyrrole nitrogens is 1. The molecule has 6 N–H and O–H groups in total. The molecule has 0 aliphatic heterocycles. The van der Waals surface area contributed by atoms with Gasteiger partial charge in [0.25, 0.3) is 5.91 Å². The Morgan fingerprint density at radius 3 is 2.60 bits per heavy atom. The first-order chi connectivity index (χ1) is 9.51. The number of primary amides is 2. The second kappa shape index (κ2) is 5.16. The van der Waals surface area contributed by atoms with Gasteiger partial charge in [-0.3, -0.25) is 10.1 Å². The Kier molecular flexibility index (Phi) is 3.39. The van der Waals surface area contributed by atoms with Crippen molar-refractivity contribution in [3.8, 4) is 17.3 Å². The lowest BCUT2D eigenvalue weighted by Gasteiger charge is -2.00. The van der Waals surface area contributed by atoms with E-state index in [1.54, 1.807) is 24.3 Å². The minimum absolute atomic E-state index is 0.112. The lowest BCUT2D eigenvalue weighted by Crippen LogP contribution is -2.22. The number of carbonyl (C=O) groups is 2. The fraction of sp³-hybridized carbons (Fsp3) is 0. The quantitative estimate of drug-likeness (QED) is 0.664. The van der Waals surface area contributed by atoms with Crippen LogP contribution < -0.4 is 16.8 Å². The Hall–Kier alpha value is -3.27. The summed E-state index contributed by atoms with van der Waals surface area (Å²) >= 11 is 0. The van der Waals surface area contributed by atoms with E-state index in [0.717, 1.165) is 0 Å². The van der Waals surface area contributed by atoms with Crippen LogP contribution in [0.25, 0.3) is 11.3 Å². The van der Waals surface area contributed by atoms with Crippen molar-refractivity contribution in [1.29, 1.82) is 5.26 Å². The van der Waals surface area contributed by atoms with E-state index in [-0.39, 0.29) is 11.4 Å².